The molecule has 1 aliphatic rings. The highest BCUT2D eigenvalue weighted by atomic mass is 32.1. The molecule has 0 atom stereocenters. The maximum Gasteiger partial charge on any atom is 0.263 e. The van der Waals surface area contributed by atoms with E-state index in [1.165, 1.54) is 11.3 Å². The zero-order valence-corrected chi connectivity index (χ0v) is 12.1. The fourth-order valence-corrected chi connectivity index (χ4v) is 3.46. The summed E-state index contributed by atoms with van der Waals surface area (Å²) in [7, 11) is 0. The minimum Gasteiger partial charge on any atom is -0.397 e. The number of amides is 1. The molecular weight excluding hydrogens is 258 g/mol. The number of nitrogens with zero attached hydrogens (tertiary/aromatic N) is 1. The number of nitrogens with one attached hydrogen (secondary N) is 1. The summed E-state index contributed by atoms with van der Waals surface area (Å²) in [6, 6.07) is 1.99. The van der Waals surface area contributed by atoms with E-state index in [0.717, 1.165) is 34.3 Å². The molecule has 19 heavy (non-hydrogen) atoms. The molecule has 0 aromatic carbocycles. The summed E-state index contributed by atoms with van der Waals surface area (Å²) in [6.45, 7) is 5.95. The fraction of sp³-hybridized carbons (Fsp3) is 0.429. The lowest BCUT2D eigenvalue weighted by Crippen LogP contribution is -2.34. The Balaban J connectivity index is 2.07. The summed E-state index contributed by atoms with van der Waals surface area (Å²) < 4.78 is 1.04. The van der Waals surface area contributed by atoms with Crippen molar-refractivity contribution >= 4 is 33.0 Å². The van der Waals surface area contributed by atoms with Gasteiger partial charge in [-0.3, -0.25) is 9.78 Å². The lowest BCUT2D eigenvalue weighted by molar-refractivity contribution is 0.0940. The molecule has 0 radical (unpaired) electrons. The van der Waals surface area contributed by atoms with E-state index in [4.69, 9.17) is 5.73 Å². The smallest absolute Gasteiger partial charge is 0.263 e. The van der Waals surface area contributed by atoms with Crippen LogP contribution in [0.1, 0.15) is 40.8 Å². The van der Waals surface area contributed by atoms with Crippen LogP contribution in [0.25, 0.3) is 10.1 Å². The van der Waals surface area contributed by atoms with Crippen molar-refractivity contribution in [1.29, 1.82) is 0 Å². The molecular formula is C14H17N3OS. The number of aryl methyl sites for hydroxylation is 2. The SMILES string of the molecule is Cc1cc2sc(C(=O)NC3(C)CC3)c(N)c2c(C)n1. The number of nitrogens with two attached hydrogens (primary N) is 1. The Labute approximate surface area is 116 Å². The number of aromatic nitrogens is 1. The molecule has 2 aromatic rings. The average Bonchev–Trinajstić information content (AvgIpc) is 2.91. The van der Waals surface area contributed by atoms with Crippen molar-refractivity contribution in [3.8, 4) is 0 Å². The number of fused-ring (bicyclic) bond motifs is 1. The third-order valence-electron chi connectivity index (χ3n) is 3.64. The standard InChI is InChI=1S/C14H17N3OS/c1-7-6-9-10(8(2)16-7)11(15)12(19-9)13(18)17-14(3)4-5-14/h6H,4-5,15H2,1-3H3,(H,17,18). The number of carbonyl (C=O) groups excluding carboxylic acids is 1. The molecule has 2 aromatic heterocycles. The number of rotatable bonds is 2. The van der Waals surface area contributed by atoms with Gasteiger partial charge in [0.15, 0.2) is 0 Å². The van der Waals surface area contributed by atoms with Crippen LogP contribution in [0.3, 0.4) is 0 Å². The molecule has 1 fully saturated rings. The number of anilines is 1. The number of hydrogen-bond acceptors (Lipinski definition) is 4. The quantitative estimate of drug-likeness (QED) is 0.885. The third-order valence-corrected chi connectivity index (χ3v) is 4.79. The molecule has 0 saturated heterocycles. The number of pyridine rings is 1. The molecule has 2 heterocycles. The lowest BCUT2D eigenvalue weighted by atomic mass is 10.2. The Kier molecular flexibility index (Phi) is 2.57. The summed E-state index contributed by atoms with van der Waals surface area (Å²) in [5, 5.41) is 3.97. The van der Waals surface area contributed by atoms with Gasteiger partial charge >= 0.3 is 0 Å². The second kappa shape index (κ2) is 3.93. The van der Waals surface area contributed by atoms with Crippen LogP contribution in [0, 0.1) is 13.8 Å². The molecule has 3 rings (SSSR count). The van der Waals surface area contributed by atoms with E-state index >= 15 is 0 Å². The lowest BCUT2D eigenvalue weighted by Gasteiger charge is -2.10. The number of carbonyl (C=O) groups is 1. The second-order valence-electron chi connectivity index (χ2n) is 5.58. The Bertz CT molecular complexity index is 686. The summed E-state index contributed by atoms with van der Waals surface area (Å²) in [4.78, 5) is 17.3. The van der Waals surface area contributed by atoms with Gasteiger partial charge in [0.25, 0.3) is 5.91 Å². The van der Waals surface area contributed by atoms with E-state index < -0.39 is 0 Å². The van der Waals surface area contributed by atoms with Crippen LogP contribution in [-0.2, 0) is 0 Å². The van der Waals surface area contributed by atoms with Gasteiger partial charge in [-0.2, -0.15) is 0 Å². The zero-order chi connectivity index (χ0) is 13.8. The summed E-state index contributed by atoms with van der Waals surface area (Å²) >= 11 is 1.45. The molecule has 0 spiro atoms. The van der Waals surface area contributed by atoms with Crippen LogP contribution >= 0.6 is 11.3 Å². The van der Waals surface area contributed by atoms with Crippen molar-refractivity contribution in [1.82, 2.24) is 10.3 Å². The van der Waals surface area contributed by atoms with E-state index in [1.807, 2.05) is 19.9 Å². The van der Waals surface area contributed by atoms with Crippen molar-refractivity contribution in [2.45, 2.75) is 39.2 Å². The van der Waals surface area contributed by atoms with Gasteiger partial charge in [-0.05, 0) is 39.7 Å². The molecule has 0 bridgehead atoms. The van der Waals surface area contributed by atoms with Gasteiger partial charge in [0.1, 0.15) is 4.88 Å². The minimum atomic E-state index is -0.0595. The molecule has 0 unspecified atom stereocenters. The summed E-state index contributed by atoms with van der Waals surface area (Å²) in [5.74, 6) is -0.0595. The highest BCUT2D eigenvalue weighted by Gasteiger charge is 2.39. The van der Waals surface area contributed by atoms with Gasteiger partial charge in [-0.1, -0.05) is 0 Å². The van der Waals surface area contributed by atoms with Crippen LogP contribution in [0.4, 0.5) is 5.69 Å². The van der Waals surface area contributed by atoms with Crippen LogP contribution in [0.15, 0.2) is 6.07 Å². The molecule has 1 saturated carbocycles. The molecule has 0 aliphatic heterocycles. The first-order valence-electron chi connectivity index (χ1n) is 6.38. The molecule has 100 valence electrons. The first-order chi connectivity index (χ1) is 8.89. The van der Waals surface area contributed by atoms with Crippen molar-refractivity contribution in [3.63, 3.8) is 0 Å². The van der Waals surface area contributed by atoms with Crippen molar-refractivity contribution in [3.05, 3.63) is 22.3 Å². The monoisotopic (exact) mass is 275 g/mol. The van der Waals surface area contributed by atoms with E-state index in [2.05, 4.69) is 17.2 Å². The van der Waals surface area contributed by atoms with E-state index in [1.54, 1.807) is 0 Å². The molecule has 1 aliphatic carbocycles. The predicted molar refractivity (Wildman–Crippen MR) is 78.6 cm³/mol. The fourth-order valence-electron chi connectivity index (χ4n) is 2.29. The number of nitrogen functional groups attached to an aromatic ring is 1. The first-order valence-corrected chi connectivity index (χ1v) is 7.20. The normalized spacial score (nSPS) is 16.6. The summed E-state index contributed by atoms with van der Waals surface area (Å²) in [6.07, 6.45) is 2.09. The van der Waals surface area contributed by atoms with Crippen LogP contribution in [0.5, 0.6) is 0 Å². The maximum absolute atomic E-state index is 12.3. The van der Waals surface area contributed by atoms with Gasteiger partial charge in [-0.25, -0.2) is 0 Å². The molecule has 1 amide bonds. The highest BCUT2D eigenvalue weighted by molar-refractivity contribution is 7.21. The Morgan fingerprint density at radius 3 is 2.79 bits per heavy atom. The topological polar surface area (TPSA) is 68.0 Å². The van der Waals surface area contributed by atoms with Crippen LogP contribution in [0.2, 0.25) is 0 Å². The first kappa shape index (κ1) is 12.4. The van der Waals surface area contributed by atoms with E-state index in [0.29, 0.717) is 10.6 Å². The van der Waals surface area contributed by atoms with Gasteiger partial charge in [0, 0.05) is 27.0 Å². The molecule has 3 N–H and O–H groups in total. The van der Waals surface area contributed by atoms with E-state index in [9.17, 15) is 4.79 Å². The number of hydrogen-bond donors (Lipinski definition) is 2. The summed E-state index contributed by atoms with van der Waals surface area (Å²) in [5.41, 5.74) is 8.52. The van der Waals surface area contributed by atoms with Gasteiger partial charge in [0.05, 0.1) is 5.69 Å². The largest absolute Gasteiger partial charge is 0.397 e. The van der Waals surface area contributed by atoms with Crippen molar-refractivity contribution in [2.75, 3.05) is 5.73 Å². The van der Waals surface area contributed by atoms with Crippen molar-refractivity contribution < 1.29 is 4.79 Å². The highest BCUT2D eigenvalue weighted by Crippen LogP contribution is 2.38. The van der Waals surface area contributed by atoms with Crippen LogP contribution in [-0.4, -0.2) is 16.4 Å². The van der Waals surface area contributed by atoms with Gasteiger partial charge in [-0.15, -0.1) is 11.3 Å². The Morgan fingerprint density at radius 2 is 2.16 bits per heavy atom. The van der Waals surface area contributed by atoms with E-state index in [-0.39, 0.29) is 11.4 Å². The minimum absolute atomic E-state index is 0.0249. The van der Waals surface area contributed by atoms with Gasteiger partial charge in [0.2, 0.25) is 0 Å². The average molecular weight is 275 g/mol. The Morgan fingerprint density at radius 1 is 1.47 bits per heavy atom. The molecule has 5 heteroatoms. The molecule has 4 nitrogen and oxygen atoms in total. The van der Waals surface area contributed by atoms with Gasteiger partial charge < -0.3 is 11.1 Å². The number of thiophene rings is 1. The Hall–Kier alpha value is -1.62. The third kappa shape index (κ3) is 2.08. The van der Waals surface area contributed by atoms with Crippen LogP contribution < -0.4 is 11.1 Å². The van der Waals surface area contributed by atoms with Crippen molar-refractivity contribution in [2.24, 2.45) is 0 Å². The maximum atomic E-state index is 12.3. The predicted octanol–water partition coefficient (Wildman–Crippen LogP) is 2.78. The zero-order valence-electron chi connectivity index (χ0n) is 11.3. The second-order valence-corrected chi connectivity index (χ2v) is 6.63.